The number of furan rings is 1. The summed E-state index contributed by atoms with van der Waals surface area (Å²) in [6, 6.07) is 17.6. The molecular formula is C32H32ClFN4O3. The summed E-state index contributed by atoms with van der Waals surface area (Å²) >= 11 is 5.98. The first-order chi connectivity index (χ1) is 19.9. The van der Waals surface area contributed by atoms with E-state index in [2.05, 4.69) is 17.5 Å². The average Bonchev–Trinajstić information content (AvgIpc) is 3.48. The third-order valence-corrected chi connectivity index (χ3v) is 9.53. The van der Waals surface area contributed by atoms with Crippen molar-refractivity contribution >= 4 is 29.2 Å². The Morgan fingerprint density at radius 2 is 1.98 bits per heavy atom. The first-order valence-corrected chi connectivity index (χ1v) is 14.6. The van der Waals surface area contributed by atoms with Crippen LogP contribution in [0.15, 0.2) is 65.3 Å². The maximum atomic E-state index is 13.7. The molecule has 2 aromatic carbocycles. The van der Waals surface area contributed by atoms with Gasteiger partial charge in [0.1, 0.15) is 5.82 Å². The molecule has 2 heterocycles. The highest BCUT2D eigenvalue weighted by atomic mass is 35.5. The number of nitrogens with zero attached hydrogens (tertiary/aromatic N) is 3. The highest BCUT2D eigenvalue weighted by molar-refractivity contribution is 6.31. The number of rotatable bonds is 6. The number of hydrogen-bond donors (Lipinski definition) is 1. The number of fused-ring (bicyclic) bond motifs is 1. The summed E-state index contributed by atoms with van der Waals surface area (Å²) in [6.07, 6.45) is 6.86. The molecule has 1 N–H and O–H groups in total. The Morgan fingerprint density at radius 3 is 2.68 bits per heavy atom. The second-order valence-corrected chi connectivity index (χ2v) is 12.0. The Morgan fingerprint density at radius 1 is 1.15 bits per heavy atom. The highest BCUT2D eigenvalue weighted by Gasteiger charge is 2.58. The van der Waals surface area contributed by atoms with Crippen molar-refractivity contribution in [3.8, 4) is 6.07 Å². The van der Waals surface area contributed by atoms with Crippen molar-refractivity contribution in [2.45, 2.75) is 50.0 Å². The first-order valence-electron chi connectivity index (χ1n) is 14.2. The number of carbonyl (C=O) groups excluding carboxylic acids is 2. The minimum Gasteiger partial charge on any atom is -0.459 e. The minimum absolute atomic E-state index is 0.0389. The van der Waals surface area contributed by atoms with Crippen LogP contribution in [0.5, 0.6) is 0 Å². The van der Waals surface area contributed by atoms with Crippen LogP contribution in [0.3, 0.4) is 0 Å². The number of amides is 3. The lowest BCUT2D eigenvalue weighted by Crippen LogP contribution is -2.49. The van der Waals surface area contributed by atoms with Gasteiger partial charge in [-0.05, 0) is 104 Å². The van der Waals surface area contributed by atoms with E-state index in [1.807, 2.05) is 28.0 Å². The van der Waals surface area contributed by atoms with Crippen LogP contribution < -0.4 is 5.32 Å². The molecule has 3 aromatic rings. The summed E-state index contributed by atoms with van der Waals surface area (Å²) in [6.45, 7) is 1.80. The molecule has 7 nitrogen and oxygen atoms in total. The van der Waals surface area contributed by atoms with Crippen molar-refractivity contribution in [3.63, 3.8) is 0 Å². The van der Waals surface area contributed by atoms with E-state index in [4.69, 9.17) is 16.0 Å². The molecule has 9 heteroatoms. The second kappa shape index (κ2) is 11.2. The van der Waals surface area contributed by atoms with E-state index in [0.717, 1.165) is 38.5 Å². The number of likely N-dealkylation sites (tertiary alicyclic amines) is 1. The molecule has 1 aromatic heterocycles. The molecule has 0 spiro atoms. The average molecular weight is 575 g/mol. The van der Waals surface area contributed by atoms with Gasteiger partial charge in [0.2, 0.25) is 0 Å². The van der Waals surface area contributed by atoms with Gasteiger partial charge in [0, 0.05) is 31.4 Å². The van der Waals surface area contributed by atoms with Gasteiger partial charge < -0.3 is 19.5 Å². The lowest BCUT2D eigenvalue weighted by molar-refractivity contribution is 0.0626. The topological polar surface area (TPSA) is 89.6 Å². The second-order valence-electron chi connectivity index (χ2n) is 11.6. The molecule has 41 heavy (non-hydrogen) atoms. The summed E-state index contributed by atoms with van der Waals surface area (Å²) in [4.78, 5) is 30.2. The van der Waals surface area contributed by atoms with E-state index in [-0.39, 0.29) is 34.3 Å². The number of carbonyl (C=O) groups is 2. The van der Waals surface area contributed by atoms with Crippen molar-refractivity contribution in [1.29, 1.82) is 5.26 Å². The lowest BCUT2D eigenvalue weighted by atomic mass is 9.79. The zero-order chi connectivity index (χ0) is 28.6. The van der Waals surface area contributed by atoms with Gasteiger partial charge in [-0.3, -0.25) is 4.79 Å². The number of hydrogen-bond acceptors (Lipinski definition) is 4. The Kier molecular flexibility index (Phi) is 7.48. The Bertz CT molecular complexity index is 1480. The Balaban J connectivity index is 1.15. The maximum absolute atomic E-state index is 13.7. The third-order valence-electron chi connectivity index (χ3n) is 9.24. The van der Waals surface area contributed by atoms with Crippen molar-refractivity contribution in [1.82, 2.24) is 9.80 Å². The number of nitrogens with one attached hydrogen (secondary N) is 1. The SMILES string of the molecule is N#Cc1cccc([C@]23CC[C@@H](N(CC4CCN(C(=O)c5ccco5)CC4)C(=O)Nc4ccc(F)c(Cl)c4)C[C@H]2C3)c1. The van der Waals surface area contributed by atoms with E-state index < -0.39 is 5.82 Å². The molecular weight excluding hydrogens is 543 g/mol. The van der Waals surface area contributed by atoms with Crippen LogP contribution in [-0.4, -0.2) is 47.4 Å². The van der Waals surface area contributed by atoms with Crippen molar-refractivity contribution in [3.05, 3.63) is 88.6 Å². The monoisotopic (exact) mass is 574 g/mol. The van der Waals surface area contributed by atoms with Gasteiger partial charge in [0.05, 0.1) is 22.9 Å². The van der Waals surface area contributed by atoms with Crippen LogP contribution >= 0.6 is 11.6 Å². The van der Waals surface area contributed by atoms with Gasteiger partial charge in [-0.25, -0.2) is 9.18 Å². The van der Waals surface area contributed by atoms with Crippen molar-refractivity contribution < 1.29 is 18.4 Å². The summed E-state index contributed by atoms with van der Waals surface area (Å²) in [5.74, 6) is 0.414. The predicted octanol–water partition coefficient (Wildman–Crippen LogP) is 6.84. The van der Waals surface area contributed by atoms with Gasteiger partial charge in [0.25, 0.3) is 5.91 Å². The maximum Gasteiger partial charge on any atom is 0.322 e. The van der Waals surface area contributed by atoms with Gasteiger partial charge in [-0.15, -0.1) is 0 Å². The van der Waals surface area contributed by atoms with E-state index in [1.165, 1.54) is 30.0 Å². The molecule has 212 valence electrons. The van der Waals surface area contributed by atoms with E-state index in [1.54, 1.807) is 12.1 Å². The van der Waals surface area contributed by atoms with Gasteiger partial charge in [-0.1, -0.05) is 23.7 Å². The highest BCUT2D eigenvalue weighted by Crippen LogP contribution is 2.63. The van der Waals surface area contributed by atoms with Crippen LogP contribution in [0.25, 0.3) is 0 Å². The fourth-order valence-corrected chi connectivity index (χ4v) is 7.05. The van der Waals surface area contributed by atoms with Crippen molar-refractivity contribution in [2.24, 2.45) is 11.8 Å². The van der Waals surface area contributed by atoms with E-state index in [0.29, 0.717) is 42.6 Å². The van der Waals surface area contributed by atoms with Crippen molar-refractivity contribution in [2.75, 3.05) is 25.0 Å². The molecule has 3 fully saturated rings. The molecule has 0 unspecified atom stereocenters. The summed E-state index contributed by atoms with van der Waals surface area (Å²) in [5, 5.41) is 12.3. The summed E-state index contributed by atoms with van der Waals surface area (Å²) in [7, 11) is 0. The standard InChI is InChI=1S/C32H32ClFN4O3/c33-27-17-25(6-7-28(27)34)36-31(40)38(20-21-9-12-37(13-10-21)30(39)29-5-2-14-41-29)26-8-11-32(18-24(32)16-26)23-4-1-3-22(15-23)19-35/h1-7,14-15,17,21,24,26H,8-13,16,18,20H2,(H,36,40)/t24-,26+,32+/m0/s1. The molecule has 3 aliphatic rings. The molecule has 3 atom stereocenters. The molecule has 0 bridgehead atoms. The normalized spacial score (nSPS) is 23.8. The predicted molar refractivity (Wildman–Crippen MR) is 153 cm³/mol. The Labute approximate surface area is 243 Å². The van der Waals surface area contributed by atoms with Crippen LogP contribution in [0, 0.1) is 29.0 Å². The molecule has 3 amide bonds. The number of urea groups is 1. The van der Waals surface area contributed by atoms with Crippen LogP contribution in [0.4, 0.5) is 14.9 Å². The smallest absolute Gasteiger partial charge is 0.322 e. The lowest BCUT2D eigenvalue weighted by Gasteiger charge is -2.40. The van der Waals surface area contributed by atoms with Crippen LogP contribution in [0.1, 0.15) is 60.2 Å². The number of halogens is 2. The number of nitriles is 1. The zero-order valence-corrected chi connectivity index (χ0v) is 23.4. The zero-order valence-electron chi connectivity index (χ0n) is 22.7. The van der Waals surface area contributed by atoms with E-state index >= 15 is 0 Å². The molecule has 0 radical (unpaired) electrons. The molecule has 2 saturated carbocycles. The quantitative estimate of drug-likeness (QED) is 0.349. The molecule has 2 aliphatic carbocycles. The van der Waals surface area contributed by atoms with Gasteiger partial charge in [-0.2, -0.15) is 5.26 Å². The number of piperidine rings is 1. The van der Waals surface area contributed by atoms with E-state index in [9.17, 15) is 19.2 Å². The summed E-state index contributed by atoms with van der Waals surface area (Å²) < 4.78 is 19.0. The molecule has 1 saturated heterocycles. The summed E-state index contributed by atoms with van der Waals surface area (Å²) in [5.41, 5.74) is 2.45. The third kappa shape index (κ3) is 5.56. The minimum atomic E-state index is -0.532. The largest absolute Gasteiger partial charge is 0.459 e. The molecule has 1 aliphatic heterocycles. The fourth-order valence-electron chi connectivity index (χ4n) is 6.87. The van der Waals surface area contributed by atoms with Gasteiger partial charge >= 0.3 is 6.03 Å². The molecule has 6 rings (SSSR count). The number of benzene rings is 2. The first kappa shape index (κ1) is 27.3. The van der Waals surface area contributed by atoms with Gasteiger partial charge in [0.15, 0.2) is 5.76 Å². The Hall–Kier alpha value is -3.83. The fraction of sp³-hybridized carbons (Fsp3) is 0.406. The van der Waals surface area contributed by atoms with Crippen LogP contribution in [-0.2, 0) is 5.41 Å². The number of anilines is 1. The van der Waals surface area contributed by atoms with Crippen LogP contribution in [0.2, 0.25) is 5.02 Å².